The summed E-state index contributed by atoms with van der Waals surface area (Å²) in [6.45, 7) is 3.36. The number of ether oxygens (including phenoxy) is 1. The van der Waals surface area contributed by atoms with Crippen LogP contribution in [0.2, 0.25) is 0 Å². The van der Waals surface area contributed by atoms with Crippen molar-refractivity contribution in [2.24, 2.45) is 0 Å². The average Bonchev–Trinajstić information content (AvgIpc) is 3.01. The highest BCUT2D eigenvalue weighted by atomic mass is 79.9. The van der Waals surface area contributed by atoms with Gasteiger partial charge in [-0.05, 0) is 28.1 Å². The number of furan rings is 1. The van der Waals surface area contributed by atoms with Crippen molar-refractivity contribution in [3.8, 4) is 0 Å². The smallest absolute Gasteiger partial charge is 0.169 e. The molecule has 0 saturated carbocycles. The van der Waals surface area contributed by atoms with E-state index >= 15 is 0 Å². The van der Waals surface area contributed by atoms with Crippen molar-refractivity contribution in [2.45, 2.75) is 12.6 Å². The predicted molar refractivity (Wildman–Crippen MR) is 72.5 cm³/mol. The van der Waals surface area contributed by atoms with Crippen LogP contribution in [0.3, 0.4) is 0 Å². The number of thiazole rings is 1. The second-order valence-corrected chi connectivity index (χ2v) is 5.88. The first-order valence-corrected chi connectivity index (χ1v) is 7.46. The summed E-state index contributed by atoms with van der Waals surface area (Å²) in [4.78, 5) is 6.66. The molecule has 1 aliphatic rings. The number of hydrogen-bond donors (Lipinski definition) is 0. The van der Waals surface area contributed by atoms with E-state index in [2.05, 4.69) is 25.8 Å². The zero-order valence-electron chi connectivity index (χ0n) is 9.71. The molecule has 96 valence electrons. The molecule has 0 aliphatic carbocycles. The fraction of sp³-hybridized carbons (Fsp3) is 0.417. The molecule has 0 radical (unpaired) electrons. The van der Waals surface area contributed by atoms with Crippen molar-refractivity contribution in [3.63, 3.8) is 0 Å². The molecule has 3 rings (SSSR count). The lowest BCUT2D eigenvalue weighted by molar-refractivity contribution is -0.0348. The van der Waals surface area contributed by atoms with Crippen LogP contribution in [0.15, 0.2) is 32.8 Å². The van der Waals surface area contributed by atoms with Crippen LogP contribution in [0.4, 0.5) is 0 Å². The molecule has 3 heterocycles. The highest BCUT2D eigenvalue weighted by molar-refractivity contribution is 9.10. The summed E-state index contributed by atoms with van der Waals surface area (Å²) in [5.41, 5.74) is 0. The van der Waals surface area contributed by atoms with Crippen molar-refractivity contribution >= 4 is 27.3 Å². The van der Waals surface area contributed by atoms with Crippen molar-refractivity contribution in [3.05, 3.63) is 39.1 Å². The summed E-state index contributed by atoms with van der Waals surface area (Å²) in [7, 11) is 0. The zero-order valence-corrected chi connectivity index (χ0v) is 12.1. The maximum Gasteiger partial charge on any atom is 0.169 e. The molecule has 0 bridgehead atoms. The topological polar surface area (TPSA) is 38.5 Å². The van der Waals surface area contributed by atoms with Gasteiger partial charge < -0.3 is 9.15 Å². The van der Waals surface area contributed by atoms with E-state index in [1.165, 1.54) is 0 Å². The highest BCUT2D eigenvalue weighted by Crippen LogP contribution is 2.25. The molecular weight excluding hydrogens is 316 g/mol. The van der Waals surface area contributed by atoms with Crippen LogP contribution >= 0.6 is 27.3 Å². The Morgan fingerprint density at radius 1 is 1.50 bits per heavy atom. The summed E-state index contributed by atoms with van der Waals surface area (Å²) >= 11 is 4.97. The number of hydrogen-bond acceptors (Lipinski definition) is 5. The van der Waals surface area contributed by atoms with E-state index in [0.29, 0.717) is 0 Å². The average molecular weight is 329 g/mol. The molecule has 18 heavy (non-hydrogen) atoms. The number of morpholine rings is 1. The fourth-order valence-electron chi connectivity index (χ4n) is 2.05. The minimum atomic E-state index is 0.0946. The Balaban J connectivity index is 1.63. The molecule has 0 N–H and O–H groups in total. The van der Waals surface area contributed by atoms with Gasteiger partial charge in [0.15, 0.2) is 4.67 Å². The van der Waals surface area contributed by atoms with Gasteiger partial charge in [-0.25, -0.2) is 4.98 Å². The molecule has 1 aliphatic heterocycles. The number of aromatic nitrogens is 1. The standard InChI is InChI=1S/C12H13BrN2O2S/c13-11-2-1-9(17-11)7-15-4-5-16-10(8-15)12-14-3-6-18-12/h1-3,6,10H,4-5,7-8H2/t10-/m0/s1. The molecule has 1 fully saturated rings. The van der Waals surface area contributed by atoms with Crippen LogP contribution in [0.25, 0.3) is 0 Å². The molecule has 0 amide bonds. The fourth-order valence-corrected chi connectivity index (χ4v) is 3.06. The molecule has 4 nitrogen and oxygen atoms in total. The highest BCUT2D eigenvalue weighted by Gasteiger charge is 2.24. The Morgan fingerprint density at radius 2 is 2.44 bits per heavy atom. The first-order chi connectivity index (χ1) is 8.81. The van der Waals surface area contributed by atoms with Gasteiger partial charge in [-0.15, -0.1) is 11.3 Å². The van der Waals surface area contributed by atoms with E-state index < -0.39 is 0 Å². The molecule has 0 unspecified atom stereocenters. The van der Waals surface area contributed by atoms with E-state index in [1.54, 1.807) is 11.3 Å². The summed E-state index contributed by atoms with van der Waals surface area (Å²) in [5.74, 6) is 0.974. The summed E-state index contributed by atoms with van der Waals surface area (Å²) in [5, 5.41) is 3.04. The SMILES string of the molecule is Brc1ccc(CN2CCO[C@H](c3nccs3)C2)o1. The van der Waals surface area contributed by atoms with Crippen molar-refractivity contribution in [2.75, 3.05) is 19.7 Å². The molecule has 1 saturated heterocycles. The van der Waals surface area contributed by atoms with Gasteiger partial charge in [0.1, 0.15) is 16.9 Å². The van der Waals surface area contributed by atoms with Crippen LogP contribution < -0.4 is 0 Å². The van der Waals surface area contributed by atoms with Gasteiger partial charge >= 0.3 is 0 Å². The summed E-state index contributed by atoms with van der Waals surface area (Å²) < 4.78 is 12.1. The molecule has 0 spiro atoms. The lowest BCUT2D eigenvalue weighted by Crippen LogP contribution is -2.37. The van der Waals surface area contributed by atoms with Crippen LogP contribution in [0.5, 0.6) is 0 Å². The zero-order chi connectivity index (χ0) is 12.4. The van der Waals surface area contributed by atoms with Gasteiger partial charge in [0.05, 0.1) is 13.2 Å². The lowest BCUT2D eigenvalue weighted by atomic mass is 10.2. The Hall–Kier alpha value is -0.690. The van der Waals surface area contributed by atoms with Crippen molar-refractivity contribution < 1.29 is 9.15 Å². The van der Waals surface area contributed by atoms with Crippen molar-refractivity contribution in [1.29, 1.82) is 0 Å². The van der Waals surface area contributed by atoms with Gasteiger partial charge in [-0.3, -0.25) is 4.90 Å². The van der Waals surface area contributed by atoms with Crippen LogP contribution in [-0.4, -0.2) is 29.6 Å². The number of nitrogens with zero attached hydrogens (tertiary/aromatic N) is 2. The Labute approximate surface area is 118 Å². The van der Waals surface area contributed by atoms with Crippen LogP contribution in [0, 0.1) is 0 Å². The second-order valence-electron chi connectivity index (χ2n) is 4.17. The predicted octanol–water partition coefficient (Wildman–Crippen LogP) is 3.07. The van der Waals surface area contributed by atoms with E-state index in [4.69, 9.17) is 9.15 Å². The van der Waals surface area contributed by atoms with Gasteiger partial charge in [0.2, 0.25) is 0 Å². The third-order valence-electron chi connectivity index (χ3n) is 2.89. The molecule has 0 aromatic carbocycles. The minimum Gasteiger partial charge on any atom is -0.453 e. The summed E-state index contributed by atoms with van der Waals surface area (Å²) in [6, 6.07) is 3.92. The lowest BCUT2D eigenvalue weighted by Gasteiger charge is -2.31. The Bertz CT molecular complexity index is 500. The molecule has 6 heteroatoms. The Morgan fingerprint density at radius 3 is 3.17 bits per heavy atom. The van der Waals surface area contributed by atoms with Crippen LogP contribution in [0.1, 0.15) is 16.9 Å². The maximum atomic E-state index is 5.76. The van der Waals surface area contributed by atoms with Gasteiger partial charge in [0.25, 0.3) is 0 Å². The number of halogens is 1. The molecule has 1 atom stereocenters. The largest absolute Gasteiger partial charge is 0.453 e. The second kappa shape index (κ2) is 5.52. The number of rotatable bonds is 3. The van der Waals surface area contributed by atoms with E-state index in [1.807, 2.05) is 23.7 Å². The van der Waals surface area contributed by atoms with Gasteiger partial charge in [-0.1, -0.05) is 0 Å². The van der Waals surface area contributed by atoms with E-state index in [-0.39, 0.29) is 6.10 Å². The Kier molecular flexibility index (Phi) is 3.79. The van der Waals surface area contributed by atoms with E-state index in [0.717, 1.165) is 41.7 Å². The maximum absolute atomic E-state index is 5.76. The molecule has 2 aromatic rings. The monoisotopic (exact) mass is 328 g/mol. The van der Waals surface area contributed by atoms with E-state index in [9.17, 15) is 0 Å². The third-order valence-corrected chi connectivity index (χ3v) is 4.18. The quantitative estimate of drug-likeness (QED) is 0.867. The normalized spacial score (nSPS) is 21.3. The minimum absolute atomic E-state index is 0.0946. The van der Waals surface area contributed by atoms with Gasteiger partial charge in [0, 0.05) is 24.7 Å². The third kappa shape index (κ3) is 2.83. The van der Waals surface area contributed by atoms with Gasteiger partial charge in [-0.2, -0.15) is 0 Å². The first kappa shape index (κ1) is 12.3. The molecular formula is C12H13BrN2O2S. The first-order valence-electron chi connectivity index (χ1n) is 5.79. The van der Waals surface area contributed by atoms with Crippen molar-refractivity contribution in [1.82, 2.24) is 9.88 Å². The van der Waals surface area contributed by atoms with Crippen LogP contribution in [-0.2, 0) is 11.3 Å². The summed E-state index contributed by atoms with van der Waals surface area (Å²) in [6.07, 6.45) is 1.92. The molecule has 2 aromatic heterocycles.